The summed E-state index contributed by atoms with van der Waals surface area (Å²) in [7, 11) is 0. The lowest BCUT2D eigenvalue weighted by atomic mass is 10.1. The molecular formula is C8H9NO4. The van der Waals surface area contributed by atoms with Crippen LogP contribution in [0.25, 0.3) is 0 Å². The number of benzene rings is 1. The fourth-order valence-corrected chi connectivity index (χ4v) is 0.999. The summed E-state index contributed by atoms with van der Waals surface area (Å²) < 4.78 is 0. The Morgan fingerprint density at radius 1 is 1.38 bits per heavy atom. The number of phenols is 2. The van der Waals surface area contributed by atoms with Gasteiger partial charge in [-0.3, -0.25) is 0 Å². The highest BCUT2D eigenvalue weighted by Crippen LogP contribution is 2.29. The van der Waals surface area contributed by atoms with Gasteiger partial charge in [-0.05, 0) is 6.07 Å². The van der Waals surface area contributed by atoms with Gasteiger partial charge in [-0.2, -0.15) is 0 Å². The number of nitrogens with two attached hydrogens (primary N) is 1. The highest BCUT2D eigenvalue weighted by Gasteiger charge is 2.17. The molecule has 1 aromatic rings. The van der Waals surface area contributed by atoms with Crippen LogP contribution in [-0.2, 0) is 6.54 Å². The number of hydrogen-bond acceptors (Lipinski definition) is 4. The van der Waals surface area contributed by atoms with Crippen molar-refractivity contribution < 1.29 is 20.1 Å². The van der Waals surface area contributed by atoms with Crippen LogP contribution in [0.15, 0.2) is 12.1 Å². The van der Waals surface area contributed by atoms with E-state index in [9.17, 15) is 9.90 Å². The van der Waals surface area contributed by atoms with Gasteiger partial charge in [-0.25, -0.2) is 4.79 Å². The molecular weight excluding hydrogens is 174 g/mol. The van der Waals surface area contributed by atoms with E-state index in [0.29, 0.717) is 0 Å². The topological polar surface area (TPSA) is 104 Å². The van der Waals surface area contributed by atoms with Crippen molar-refractivity contribution in [2.45, 2.75) is 6.54 Å². The minimum Gasteiger partial charge on any atom is -0.507 e. The van der Waals surface area contributed by atoms with E-state index in [2.05, 4.69) is 0 Å². The largest absolute Gasteiger partial charge is 0.507 e. The van der Waals surface area contributed by atoms with Crippen LogP contribution in [0.4, 0.5) is 0 Å². The zero-order valence-electron chi connectivity index (χ0n) is 6.69. The maximum Gasteiger partial charge on any atom is 0.343 e. The summed E-state index contributed by atoms with van der Waals surface area (Å²) in [6.07, 6.45) is 0. The van der Waals surface area contributed by atoms with E-state index in [1.54, 1.807) is 0 Å². The molecule has 0 aliphatic rings. The quantitative estimate of drug-likeness (QED) is 0.526. The second-order valence-electron chi connectivity index (χ2n) is 2.48. The zero-order valence-corrected chi connectivity index (χ0v) is 6.69. The molecule has 0 radical (unpaired) electrons. The first-order valence-electron chi connectivity index (χ1n) is 3.55. The van der Waals surface area contributed by atoms with Gasteiger partial charge in [0.2, 0.25) is 0 Å². The first-order chi connectivity index (χ1) is 6.07. The molecule has 5 heteroatoms. The SMILES string of the molecule is NCc1ccc(O)c(C(=O)O)c1O. The number of carboxylic acids is 1. The maximum atomic E-state index is 10.5. The van der Waals surface area contributed by atoms with Crippen molar-refractivity contribution in [1.82, 2.24) is 0 Å². The monoisotopic (exact) mass is 183 g/mol. The molecule has 1 rings (SSSR count). The fourth-order valence-electron chi connectivity index (χ4n) is 0.999. The van der Waals surface area contributed by atoms with Gasteiger partial charge in [-0.15, -0.1) is 0 Å². The predicted octanol–water partition coefficient (Wildman–Crippen LogP) is 0.255. The molecule has 0 saturated heterocycles. The van der Waals surface area contributed by atoms with Crippen molar-refractivity contribution in [1.29, 1.82) is 0 Å². The molecule has 70 valence electrons. The lowest BCUT2D eigenvalue weighted by Crippen LogP contribution is -2.03. The molecule has 5 N–H and O–H groups in total. The number of rotatable bonds is 2. The summed E-state index contributed by atoms with van der Waals surface area (Å²) in [6.45, 7) is 0.0202. The molecule has 0 fully saturated rings. The van der Waals surface area contributed by atoms with Crippen molar-refractivity contribution in [3.8, 4) is 11.5 Å². The van der Waals surface area contributed by atoms with E-state index < -0.39 is 23.0 Å². The van der Waals surface area contributed by atoms with E-state index in [1.807, 2.05) is 0 Å². The van der Waals surface area contributed by atoms with E-state index >= 15 is 0 Å². The van der Waals surface area contributed by atoms with Crippen molar-refractivity contribution in [2.24, 2.45) is 5.73 Å². The van der Waals surface area contributed by atoms with Crippen LogP contribution in [0, 0.1) is 0 Å². The second kappa shape index (κ2) is 3.32. The first kappa shape index (κ1) is 9.34. The molecule has 0 aliphatic carbocycles. The Morgan fingerprint density at radius 2 is 2.00 bits per heavy atom. The Kier molecular flexibility index (Phi) is 2.39. The average Bonchev–Trinajstić information content (AvgIpc) is 2.04. The van der Waals surface area contributed by atoms with Gasteiger partial charge in [0.25, 0.3) is 0 Å². The van der Waals surface area contributed by atoms with Crippen LogP contribution in [0.2, 0.25) is 0 Å². The lowest BCUT2D eigenvalue weighted by molar-refractivity contribution is 0.0690. The maximum absolute atomic E-state index is 10.5. The summed E-state index contributed by atoms with van der Waals surface area (Å²) in [5.41, 5.74) is 5.01. The third-order valence-corrected chi connectivity index (χ3v) is 1.67. The van der Waals surface area contributed by atoms with Crippen molar-refractivity contribution in [3.05, 3.63) is 23.3 Å². The van der Waals surface area contributed by atoms with Crippen LogP contribution in [-0.4, -0.2) is 21.3 Å². The van der Waals surface area contributed by atoms with Gasteiger partial charge in [0, 0.05) is 12.1 Å². The van der Waals surface area contributed by atoms with E-state index in [1.165, 1.54) is 12.1 Å². The number of aromatic hydroxyl groups is 2. The Bertz CT molecular complexity index is 348. The van der Waals surface area contributed by atoms with Crippen LogP contribution in [0.5, 0.6) is 11.5 Å². The normalized spacial score (nSPS) is 9.92. The highest BCUT2D eigenvalue weighted by molar-refractivity contribution is 5.94. The molecule has 0 aliphatic heterocycles. The molecule has 0 aromatic heterocycles. The lowest BCUT2D eigenvalue weighted by Gasteiger charge is -2.06. The van der Waals surface area contributed by atoms with Crippen molar-refractivity contribution >= 4 is 5.97 Å². The van der Waals surface area contributed by atoms with E-state index in [4.69, 9.17) is 15.9 Å². The Morgan fingerprint density at radius 3 is 2.46 bits per heavy atom. The molecule has 0 amide bonds. The van der Waals surface area contributed by atoms with Crippen LogP contribution < -0.4 is 5.73 Å². The summed E-state index contributed by atoms with van der Waals surface area (Å²) in [6, 6.07) is 2.56. The van der Waals surface area contributed by atoms with Gasteiger partial charge >= 0.3 is 5.97 Å². The van der Waals surface area contributed by atoms with Crippen LogP contribution in [0.3, 0.4) is 0 Å². The van der Waals surface area contributed by atoms with Gasteiger partial charge in [0.05, 0.1) is 0 Å². The summed E-state index contributed by atoms with van der Waals surface area (Å²) >= 11 is 0. The molecule has 1 aromatic carbocycles. The molecule has 0 spiro atoms. The fraction of sp³-hybridized carbons (Fsp3) is 0.125. The molecule has 0 atom stereocenters. The molecule has 0 heterocycles. The van der Waals surface area contributed by atoms with Crippen LogP contribution in [0.1, 0.15) is 15.9 Å². The Hall–Kier alpha value is -1.75. The number of carbonyl (C=O) groups is 1. The minimum absolute atomic E-state index is 0.0202. The Balaban J connectivity index is 3.38. The second-order valence-corrected chi connectivity index (χ2v) is 2.48. The average molecular weight is 183 g/mol. The smallest absolute Gasteiger partial charge is 0.343 e. The third kappa shape index (κ3) is 1.54. The number of hydrogen-bond donors (Lipinski definition) is 4. The molecule has 0 saturated carbocycles. The highest BCUT2D eigenvalue weighted by atomic mass is 16.4. The number of carboxylic acid groups (broad SMARTS) is 1. The van der Waals surface area contributed by atoms with Gasteiger partial charge in [0.15, 0.2) is 0 Å². The predicted molar refractivity (Wildman–Crippen MR) is 44.6 cm³/mol. The van der Waals surface area contributed by atoms with E-state index in [-0.39, 0.29) is 12.1 Å². The number of aromatic carboxylic acids is 1. The standard InChI is InChI=1S/C8H9NO4/c9-3-4-1-2-5(10)6(7(4)11)8(12)13/h1-2,10-11H,3,9H2,(H,12,13). The van der Waals surface area contributed by atoms with E-state index in [0.717, 1.165) is 0 Å². The van der Waals surface area contributed by atoms with Gasteiger partial charge < -0.3 is 21.1 Å². The summed E-state index contributed by atoms with van der Waals surface area (Å²) in [5.74, 6) is -2.33. The first-order valence-corrected chi connectivity index (χ1v) is 3.55. The van der Waals surface area contributed by atoms with Crippen molar-refractivity contribution in [2.75, 3.05) is 0 Å². The van der Waals surface area contributed by atoms with Crippen LogP contribution >= 0.6 is 0 Å². The molecule has 13 heavy (non-hydrogen) atoms. The molecule has 0 unspecified atom stereocenters. The summed E-state index contributed by atoms with van der Waals surface area (Å²) in [5, 5.41) is 27.0. The third-order valence-electron chi connectivity index (χ3n) is 1.67. The van der Waals surface area contributed by atoms with Crippen molar-refractivity contribution in [3.63, 3.8) is 0 Å². The molecule has 0 bridgehead atoms. The Labute approximate surface area is 74.0 Å². The minimum atomic E-state index is -1.38. The summed E-state index contributed by atoms with van der Waals surface area (Å²) in [4.78, 5) is 10.5. The zero-order chi connectivity index (χ0) is 10.0. The van der Waals surface area contributed by atoms with Gasteiger partial charge in [-0.1, -0.05) is 6.07 Å². The van der Waals surface area contributed by atoms with Gasteiger partial charge in [0.1, 0.15) is 17.1 Å². The molecule has 5 nitrogen and oxygen atoms in total.